The van der Waals surface area contributed by atoms with Crippen LogP contribution in [0.5, 0.6) is 0 Å². The molecule has 96 valence electrons. The van der Waals surface area contributed by atoms with Crippen molar-refractivity contribution in [3.8, 4) is 0 Å². The van der Waals surface area contributed by atoms with Gasteiger partial charge >= 0.3 is 0 Å². The van der Waals surface area contributed by atoms with Gasteiger partial charge in [0.1, 0.15) is 5.82 Å². The third kappa shape index (κ3) is 3.70. The summed E-state index contributed by atoms with van der Waals surface area (Å²) in [7, 11) is 0. The van der Waals surface area contributed by atoms with E-state index in [4.69, 9.17) is 5.73 Å². The monoisotopic (exact) mass is 238 g/mol. The summed E-state index contributed by atoms with van der Waals surface area (Å²) in [6.07, 6.45) is 0.713. The largest absolute Gasteiger partial charge is 0.367 e. The van der Waals surface area contributed by atoms with E-state index in [9.17, 15) is 4.39 Å². The minimum absolute atomic E-state index is 0.0626. The fourth-order valence-electron chi connectivity index (χ4n) is 2.10. The lowest BCUT2D eigenvalue weighted by Gasteiger charge is -2.28. The van der Waals surface area contributed by atoms with Gasteiger partial charge in [-0.15, -0.1) is 0 Å². The van der Waals surface area contributed by atoms with Crippen LogP contribution in [0.15, 0.2) is 18.2 Å². The van der Waals surface area contributed by atoms with Gasteiger partial charge in [-0.3, -0.25) is 0 Å². The first-order valence-corrected chi connectivity index (χ1v) is 6.26. The molecule has 0 aliphatic carbocycles. The van der Waals surface area contributed by atoms with Crippen molar-refractivity contribution in [2.45, 2.75) is 46.2 Å². The molecule has 0 aliphatic rings. The van der Waals surface area contributed by atoms with Crippen LogP contribution in [0.1, 0.15) is 33.3 Å². The number of nitrogens with two attached hydrogens (primary N) is 1. The molecule has 0 spiro atoms. The Bertz CT molecular complexity index is 361. The number of nitrogens with zero attached hydrogens (tertiary/aromatic N) is 1. The third-order valence-corrected chi connectivity index (χ3v) is 2.84. The lowest BCUT2D eigenvalue weighted by Crippen LogP contribution is -2.31. The first kappa shape index (κ1) is 14.0. The molecule has 2 N–H and O–H groups in total. The molecule has 0 aliphatic heterocycles. The summed E-state index contributed by atoms with van der Waals surface area (Å²) in [6.45, 7) is 8.91. The van der Waals surface area contributed by atoms with E-state index in [2.05, 4.69) is 13.8 Å². The molecule has 3 heteroatoms. The van der Waals surface area contributed by atoms with Gasteiger partial charge in [0.25, 0.3) is 0 Å². The second kappa shape index (κ2) is 6.01. The number of anilines is 1. The van der Waals surface area contributed by atoms with Crippen LogP contribution in [-0.2, 0) is 6.42 Å². The van der Waals surface area contributed by atoms with Crippen molar-refractivity contribution in [3.63, 3.8) is 0 Å². The Morgan fingerprint density at radius 3 is 2.35 bits per heavy atom. The van der Waals surface area contributed by atoms with E-state index in [-0.39, 0.29) is 11.9 Å². The number of benzene rings is 1. The van der Waals surface area contributed by atoms with Gasteiger partial charge in [-0.05, 0) is 51.8 Å². The van der Waals surface area contributed by atoms with Gasteiger partial charge in [-0.2, -0.15) is 0 Å². The van der Waals surface area contributed by atoms with Crippen molar-refractivity contribution >= 4 is 5.69 Å². The number of hydrogen-bond donors (Lipinski definition) is 1. The minimum atomic E-state index is -0.154. The SMILES string of the molecule is CCN(c1ccc(CC(C)N)cc1F)C(C)C. The molecule has 0 aromatic heterocycles. The summed E-state index contributed by atoms with van der Waals surface area (Å²) in [6, 6.07) is 5.79. The maximum atomic E-state index is 14.0. The predicted octanol–water partition coefficient (Wildman–Crippen LogP) is 2.95. The van der Waals surface area contributed by atoms with Crippen LogP contribution >= 0.6 is 0 Å². The van der Waals surface area contributed by atoms with Crippen molar-refractivity contribution in [1.29, 1.82) is 0 Å². The highest BCUT2D eigenvalue weighted by Gasteiger charge is 2.13. The van der Waals surface area contributed by atoms with Crippen molar-refractivity contribution in [2.75, 3.05) is 11.4 Å². The average molecular weight is 238 g/mol. The third-order valence-electron chi connectivity index (χ3n) is 2.84. The number of rotatable bonds is 5. The van der Waals surface area contributed by atoms with E-state index in [1.807, 2.05) is 30.9 Å². The normalized spacial score (nSPS) is 12.9. The molecular weight excluding hydrogens is 215 g/mol. The van der Waals surface area contributed by atoms with E-state index in [0.717, 1.165) is 12.1 Å². The molecule has 1 rings (SSSR count). The zero-order valence-electron chi connectivity index (χ0n) is 11.2. The molecule has 17 heavy (non-hydrogen) atoms. The molecule has 2 nitrogen and oxygen atoms in total. The van der Waals surface area contributed by atoms with Crippen molar-refractivity contribution in [1.82, 2.24) is 0 Å². The average Bonchev–Trinajstić information content (AvgIpc) is 2.20. The van der Waals surface area contributed by atoms with E-state index < -0.39 is 0 Å². The lowest BCUT2D eigenvalue weighted by molar-refractivity contribution is 0.600. The molecule has 0 fully saturated rings. The molecule has 0 saturated heterocycles. The zero-order valence-corrected chi connectivity index (χ0v) is 11.2. The van der Waals surface area contributed by atoms with Crippen molar-refractivity contribution in [3.05, 3.63) is 29.6 Å². The smallest absolute Gasteiger partial charge is 0.146 e. The lowest BCUT2D eigenvalue weighted by atomic mass is 10.1. The Kier molecular flexibility index (Phi) is 4.94. The zero-order chi connectivity index (χ0) is 13.0. The summed E-state index contributed by atoms with van der Waals surface area (Å²) in [4.78, 5) is 2.05. The number of halogens is 1. The predicted molar refractivity (Wildman–Crippen MR) is 71.9 cm³/mol. The molecule has 0 saturated carbocycles. The molecule has 0 heterocycles. The summed E-state index contributed by atoms with van der Waals surface area (Å²) in [5.74, 6) is -0.154. The van der Waals surface area contributed by atoms with Crippen LogP contribution in [-0.4, -0.2) is 18.6 Å². The second-order valence-corrected chi connectivity index (χ2v) is 4.85. The second-order valence-electron chi connectivity index (χ2n) is 4.85. The van der Waals surface area contributed by atoms with E-state index in [0.29, 0.717) is 18.2 Å². The van der Waals surface area contributed by atoms with E-state index in [1.54, 1.807) is 6.07 Å². The molecule has 0 amide bonds. The molecular formula is C14H23FN2. The number of hydrogen-bond acceptors (Lipinski definition) is 2. The first-order chi connectivity index (χ1) is 7.95. The Balaban J connectivity index is 2.96. The Labute approximate surface area is 104 Å². The Hall–Kier alpha value is -1.09. The highest BCUT2D eigenvalue weighted by atomic mass is 19.1. The van der Waals surface area contributed by atoms with Crippen molar-refractivity contribution in [2.24, 2.45) is 5.73 Å². The maximum Gasteiger partial charge on any atom is 0.146 e. The van der Waals surface area contributed by atoms with Gasteiger partial charge in [0.05, 0.1) is 5.69 Å². The molecule has 1 aromatic rings. The first-order valence-electron chi connectivity index (χ1n) is 6.26. The van der Waals surface area contributed by atoms with Gasteiger partial charge in [0, 0.05) is 18.6 Å². The Morgan fingerprint density at radius 1 is 1.29 bits per heavy atom. The summed E-state index contributed by atoms with van der Waals surface area (Å²) < 4.78 is 14.0. The van der Waals surface area contributed by atoms with Crippen LogP contribution in [0.4, 0.5) is 10.1 Å². The van der Waals surface area contributed by atoms with E-state index >= 15 is 0 Å². The molecule has 1 unspecified atom stereocenters. The van der Waals surface area contributed by atoms with Crippen molar-refractivity contribution < 1.29 is 4.39 Å². The summed E-state index contributed by atoms with van der Waals surface area (Å²) in [5, 5.41) is 0. The maximum absolute atomic E-state index is 14.0. The summed E-state index contributed by atoms with van der Waals surface area (Å²) >= 11 is 0. The molecule has 0 radical (unpaired) electrons. The molecule has 1 aromatic carbocycles. The van der Waals surface area contributed by atoms with Gasteiger partial charge in [-0.1, -0.05) is 6.07 Å². The van der Waals surface area contributed by atoms with Crippen LogP contribution in [0.25, 0.3) is 0 Å². The fraction of sp³-hybridized carbons (Fsp3) is 0.571. The van der Waals surface area contributed by atoms with Gasteiger partial charge in [0.2, 0.25) is 0 Å². The van der Waals surface area contributed by atoms with Crippen LogP contribution in [0.2, 0.25) is 0 Å². The quantitative estimate of drug-likeness (QED) is 0.854. The summed E-state index contributed by atoms with van der Waals surface area (Å²) in [5.41, 5.74) is 7.35. The Morgan fingerprint density at radius 2 is 1.94 bits per heavy atom. The van der Waals surface area contributed by atoms with Gasteiger partial charge in [-0.25, -0.2) is 4.39 Å². The van der Waals surface area contributed by atoms with Gasteiger partial charge in [0.15, 0.2) is 0 Å². The molecule has 1 atom stereocenters. The van der Waals surface area contributed by atoms with E-state index in [1.165, 1.54) is 0 Å². The van der Waals surface area contributed by atoms with Crippen LogP contribution in [0, 0.1) is 5.82 Å². The highest BCUT2D eigenvalue weighted by molar-refractivity contribution is 5.49. The minimum Gasteiger partial charge on any atom is -0.367 e. The molecule has 0 bridgehead atoms. The van der Waals surface area contributed by atoms with Gasteiger partial charge < -0.3 is 10.6 Å². The van der Waals surface area contributed by atoms with Crippen LogP contribution < -0.4 is 10.6 Å². The highest BCUT2D eigenvalue weighted by Crippen LogP contribution is 2.22. The van der Waals surface area contributed by atoms with Crippen LogP contribution in [0.3, 0.4) is 0 Å². The fourth-order valence-corrected chi connectivity index (χ4v) is 2.10. The standard InChI is InChI=1S/C14H23FN2/c1-5-17(10(2)3)14-7-6-12(8-11(4)16)9-13(14)15/h6-7,9-11H,5,8,16H2,1-4H3. The topological polar surface area (TPSA) is 29.3 Å².